The maximum Gasteiger partial charge on any atom is 0.307 e. The molecule has 0 radical (unpaired) electrons. The molecule has 1 aromatic heterocycles. The van der Waals surface area contributed by atoms with E-state index in [1.165, 1.54) is 19.3 Å². The van der Waals surface area contributed by atoms with E-state index in [4.69, 9.17) is 4.52 Å². The fourth-order valence-electron chi connectivity index (χ4n) is 3.93. The summed E-state index contributed by atoms with van der Waals surface area (Å²) in [5.41, 5.74) is -0.282. The van der Waals surface area contributed by atoms with Crippen LogP contribution in [-0.4, -0.2) is 21.2 Å². The Hall–Kier alpha value is -1.39. The van der Waals surface area contributed by atoms with E-state index >= 15 is 0 Å². The molecule has 0 aromatic carbocycles. The Morgan fingerprint density at radius 2 is 2.00 bits per heavy atom. The molecule has 0 saturated heterocycles. The zero-order valence-corrected chi connectivity index (χ0v) is 13.0. The fraction of sp³-hybridized carbons (Fsp3) is 0.812. The molecule has 0 aliphatic heterocycles. The molecule has 2 saturated carbocycles. The highest BCUT2D eigenvalue weighted by Crippen LogP contribution is 2.64. The highest BCUT2D eigenvalue weighted by molar-refractivity contribution is 5.77. The minimum absolute atomic E-state index is 0.136. The molecule has 5 nitrogen and oxygen atoms in total. The first-order valence-electron chi connectivity index (χ1n) is 8.01. The number of hydrogen-bond acceptors (Lipinski definition) is 4. The summed E-state index contributed by atoms with van der Waals surface area (Å²) in [6, 6.07) is 0. The van der Waals surface area contributed by atoms with Crippen molar-refractivity contribution in [3.05, 3.63) is 11.7 Å². The molecular weight excluding hydrogens is 268 g/mol. The van der Waals surface area contributed by atoms with Gasteiger partial charge < -0.3 is 9.63 Å². The average Bonchev–Trinajstić information content (AvgIpc) is 2.84. The van der Waals surface area contributed by atoms with Gasteiger partial charge in [0.05, 0.1) is 11.8 Å². The van der Waals surface area contributed by atoms with Crippen molar-refractivity contribution in [2.45, 2.75) is 64.7 Å². The first-order valence-corrected chi connectivity index (χ1v) is 8.01. The maximum absolute atomic E-state index is 11.2. The van der Waals surface area contributed by atoms with Gasteiger partial charge >= 0.3 is 5.97 Å². The molecule has 5 heteroatoms. The smallest absolute Gasteiger partial charge is 0.307 e. The molecule has 3 rings (SSSR count). The lowest BCUT2D eigenvalue weighted by Gasteiger charge is -2.25. The zero-order chi connectivity index (χ0) is 15.2. The second-order valence-electron chi connectivity index (χ2n) is 7.23. The van der Waals surface area contributed by atoms with Crippen molar-refractivity contribution in [2.75, 3.05) is 0 Å². The Morgan fingerprint density at radius 1 is 1.33 bits per heavy atom. The summed E-state index contributed by atoms with van der Waals surface area (Å²) in [5, 5.41) is 13.4. The predicted molar refractivity (Wildman–Crippen MR) is 76.9 cm³/mol. The quantitative estimate of drug-likeness (QED) is 0.918. The minimum atomic E-state index is -0.770. The Bertz CT molecular complexity index is 529. The van der Waals surface area contributed by atoms with E-state index < -0.39 is 11.9 Å². The van der Waals surface area contributed by atoms with Crippen LogP contribution >= 0.6 is 0 Å². The van der Waals surface area contributed by atoms with Gasteiger partial charge in [-0.05, 0) is 37.0 Å². The molecule has 21 heavy (non-hydrogen) atoms. The molecule has 1 aromatic rings. The SMILES string of the molecule is CCC1CCC(c2noc(C3C(C(=O)O)C3(C)C)n2)CC1. The molecule has 2 aliphatic carbocycles. The molecule has 1 heterocycles. The van der Waals surface area contributed by atoms with Crippen LogP contribution in [0.2, 0.25) is 0 Å². The second kappa shape index (κ2) is 5.11. The molecule has 0 spiro atoms. The summed E-state index contributed by atoms with van der Waals surface area (Å²) in [5.74, 6) is 1.21. The summed E-state index contributed by atoms with van der Waals surface area (Å²) in [7, 11) is 0. The van der Waals surface area contributed by atoms with Gasteiger partial charge in [-0.25, -0.2) is 0 Å². The zero-order valence-electron chi connectivity index (χ0n) is 13.0. The first kappa shape index (κ1) is 14.5. The number of carboxylic acids is 1. The van der Waals surface area contributed by atoms with Gasteiger partial charge in [-0.3, -0.25) is 4.79 Å². The summed E-state index contributed by atoms with van der Waals surface area (Å²) < 4.78 is 5.39. The van der Waals surface area contributed by atoms with Gasteiger partial charge in [0.2, 0.25) is 5.89 Å². The van der Waals surface area contributed by atoms with Crippen molar-refractivity contribution in [1.82, 2.24) is 10.1 Å². The van der Waals surface area contributed by atoms with Gasteiger partial charge in [0.25, 0.3) is 0 Å². The van der Waals surface area contributed by atoms with E-state index in [-0.39, 0.29) is 11.3 Å². The monoisotopic (exact) mass is 292 g/mol. The van der Waals surface area contributed by atoms with Crippen LogP contribution in [0.15, 0.2) is 4.52 Å². The van der Waals surface area contributed by atoms with Crippen LogP contribution < -0.4 is 0 Å². The first-order chi connectivity index (χ1) is 9.95. The number of aromatic nitrogens is 2. The van der Waals surface area contributed by atoms with Crippen LogP contribution in [0.3, 0.4) is 0 Å². The standard InChI is InChI=1S/C16H24N2O3/c1-4-9-5-7-10(8-6-9)13-17-14(21-18-13)11-12(15(19)20)16(11,2)3/h9-12H,4-8H2,1-3H3,(H,19,20). The van der Waals surface area contributed by atoms with Gasteiger partial charge in [-0.2, -0.15) is 4.98 Å². The lowest BCUT2D eigenvalue weighted by molar-refractivity contribution is -0.139. The van der Waals surface area contributed by atoms with E-state index in [1.807, 2.05) is 13.8 Å². The molecule has 0 bridgehead atoms. The van der Waals surface area contributed by atoms with Crippen LogP contribution in [0.1, 0.15) is 76.4 Å². The summed E-state index contributed by atoms with van der Waals surface area (Å²) in [4.78, 5) is 15.8. The lowest BCUT2D eigenvalue weighted by Crippen LogP contribution is -2.13. The van der Waals surface area contributed by atoms with Crippen molar-refractivity contribution in [3.8, 4) is 0 Å². The van der Waals surface area contributed by atoms with Crippen molar-refractivity contribution in [3.63, 3.8) is 0 Å². The summed E-state index contributed by atoms with van der Waals surface area (Å²) in [6.07, 6.45) is 5.96. The van der Waals surface area contributed by atoms with Crippen molar-refractivity contribution in [2.24, 2.45) is 17.3 Å². The number of aliphatic carboxylic acids is 1. The maximum atomic E-state index is 11.2. The molecule has 2 aliphatic rings. The lowest BCUT2D eigenvalue weighted by atomic mass is 9.80. The van der Waals surface area contributed by atoms with Crippen molar-refractivity contribution < 1.29 is 14.4 Å². The van der Waals surface area contributed by atoms with Gasteiger partial charge in [-0.1, -0.05) is 32.3 Å². The Kier molecular flexibility index (Phi) is 3.54. The van der Waals surface area contributed by atoms with Crippen LogP contribution in [0.5, 0.6) is 0 Å². The second-order valence-corrected chi connectivity index (χ2v) is 7.23. The van der Waals surface area contributed by atoms with E-state index in [2.05, 4.69) is 17.1 Å². The topological polar surface area (TPSA) is 76.2 Å². The van der Waals surface area contributed by atoms with Gasteiger partial charge in [0.15, 0.2) is 5.82 Å². The number of rotatable bonds is 4. The molecule has 2 fully saturated rings. The van der Waals surface area contributed by atoms with Gasteiger partial charge in [0, 0.05) is 5.92 Å². The fourth-order valence-corrected chi connectivity index (χ4v) is 3.93. The Morgan fingerprint density at radius 3 is 2.52 bits per heavy atom. The average molecular weight is 292 g/mol. The van der Waals surface area contributed by atoms with Gasteiger partial charge in [-0.15, -0.1) is 0 Å². The predicted octanol–water partition coefficient (Wildman–Crippen LogP) is 3.58. The molecule has 2 atom stereocenters. The highest BCUT2D eigenvalue weighted by Gasteiger charge is 2.65. The van der Waals surface area contributed by atoms with Crippen LogP contribution in [0, 0.1) is 17.3 Å². The molecule has 116 valence electrons. The number of carbonyl (C=O) groups is 1. The number of hydrogen-bond donors (Lipinski definition) is 1. The molecule has 0 amide bonds. The van der Waals surface area contributed by atoms with E-state index in [0.29, 0.717) is 11.8 Å². The largest absolute Gasteiger partial charge is 0.481 e. The van der Waals surface area contributed by atoms with Gasteiger partial charge in [0.1, 0.15) is 0 Å². The normalized spacial score (nSPS) is 34.6. The molecule has 2 unspecified atom stereocenters. The van der Waals surface area contributed by atoms with Crippen molar-refractivity contribution in [1.29, 1.82) is 0 Å². The van der Waals surface area contributed by atoms with Crippen molar-refractivity contribution >= 4 is 5.97 Å². The number of carboxylic acid groups (broad SMARTS) is 1. The number of nitrogens with zero attached hydrogens (tertiary/aromatic N) is 2. The van der Waals surface area contributed by atoms with E-state index in [9.17, 15) is 9.90 Å². The summed E-state index contributed by atoms with van der Waals surface area (Å²) >= 11 is 0. The van der Waals surface area contributed by atoms with Crippen LogP contribution in [0.4, 0.5) is 0 Å². The third-order valence-corrected chi connectivity index (χ3v) is 5.61. The van der Waals surface area contributed by atoms with E-state index in [0.717, 1.165) is 24.6 Å². The van der Waals surface area contributed by atoms with Crippen LogP contribution in [-0.2, 0) is 4.79 Å². The third kappa shape index (κ3) is 2.47. The molecular formula is C16H24N2O3. The Balaban J connectivity index is 1.69. The minimum Gasteiger partial charge on any atom is -0.481 e. The van der Waals surface area contributed by atoms with Crippen LogP contribution in [0.25, 0.3) is 0 Å². The Labute approximate surface area is 125 Å². The third-order valence-electron chi connectivity index (χ3n) is 5.61. The molecule has 1 N–H and O–H groups in total. The highest BCUT2D eigenvalue weighted by atomic mass is 16.5. The van der Waals surface area contributed by atoms with E-state index in [1.54, 1.807) is 0 Å². The summed E-state index contributed by atoms with van der Waals surface area (Å²) in [6.45, 7) is 6.15.